The molecule has 2 heterocycles. The number of halogens is 2. The maximum Gasteiger partial charge on any atom is 0.127 e. The standard InChI is InChI=1S/C9H10N4.2ClH/c1-7-5-9(10)13(12-7)8-3-2-4-11-6-8;;/h2-6H,10H2,1H3;2*1H. The smallest absolute Gasteiger partial charge is 0.127 e. The molecule has 0 saturated carbocycles. The van der Waals surface area contributed by atoms with E-state index in [-0.39, 0.29) is 24.8 Å². The minimum absolute atomic E-state index is 0. The number of aromatic nitrogens is 3. The summed E-state index contributed by atoms with van der Waals surface area (Å²) in [6, 6.07) is 5.59. The SMILES string of the molecule is Cc1cc(N)n(-c2cccnc2)n1.Cl.Cl. The van der Waals surface area contributed by atoms with Crippen LogP contribution in [0.5, 0.6) is 0 Å². The van der Waals surface area contributed by atoms with Gasteiger partial charge < -0.3 is 5.73 Å². The number of rotatable bonds is 1. The Morgan fingerprint density at radius 3 is 2.53 bits per heavy atom. The van der Waals surface area contributed by atoms with Crippen molar-refractivity contribution < 1.29 is 0 Å². The summed E-state index contributed by atoms with van der Waals surface area (Å²) in [5, 5.41) is 4.23. The van der Waals surface area contributed by atoms with Gasteiger partial charge in [0.15, 0.2) is 0 Å². The summed E-state index contributed by atoms with van der Waals surface area (Å²) in [6.07, 6.45) is 3.44. The second-order valence-electron chi connectivity index (χ2n) is 2.83. The Balaban J connectivity index is 0.000000980. The second-order valence-corrected chi connectivity index (χ2v) is 2.83. The zero-order valence-electron chi connectivity index (χ0n) is 8.12. The van der Waals surface area contributed by atoms with Crippen molar-refractivity contribution >= 4 is 30.6 Å². The monoisotopic (exact) mass is 246 g/mol. The van der Waals surface area contributed by atoms with Gasteiger partial charge in [-0.05, 0) is 19.1 Å². The zero-order valence-corrected chi connectivity index (χ0v) is 9.76. The van der Waals surface area contributed by atoms with Crippen LogP contribution < -0.4 is 5.73 Å². The minimum atomic E-state index is 0. The van der Waals surface area contributed by atoms with E-state index in [0.717, 1.165) is 11.4 Å². The van der Waals surface area contributed by atoms with E-state index in [2.05, 4.69) is 10.1 Å². The molecule has 0 bridgehead atoms. The molecule has 6 heteroatoms. The highest BCUT2D eigenvalue weighted by atomic mass is 35.5. The maximum absolute atomic E-state index is 5.75. The van der Waals surface area contributed by atoms with Crippen LogP contribution in [0.4, 0.5) is 5.82 Å². The number of hydrogen-bond acceptors (Lipinski definition) is 3. The molecule has 0 spiro atoms. The largest absolute Gasteiger partial charge is 0.384 e. The molecule has 2 aromatic heterocycles. The van der Waals surface area contributed by atoms with Gasteiger partial charge in [0.05, 0.1) is 17.6 Å². The molecule has 2 N–H and O–H groups in total. The van der Waals surface area contributed by atoms with Crippen LogP contribution in [0.25, 0.3) is 5.69 Å². The predicted octanol–water partition coefficient (Wildman–Crippen LogP) is 2.00. The van der Waals surface area contributed by atoms with Crippen molar-refractivity contribution in [3.63, 3.8) is 0 Å². The topological polar surface area (TPSA) is 56.7 Å². The first-order valence-electron chi connectivity index (χ1n) is 4.00. The van der Waals surface area contributed by atoms with Crippen molar-refractivity contribution in [2.75, 3.05) is 5.73 Å². The van der Waals surface area contributed by atoms with Gasteiger partial charge in [-0.15, -0.1) is 24.8 Å². The third-order valence-corrected chi connectivity index (χ3v) is 1.75. The fourth-order valence-electron chi connectivity index (χ4n) is 1.21. The van der Waals surface area contributed by atoms with Crippen molar-refractivity contribution in [2.24, 2.45) is 0 Å². The number of aryl methyl sites for hydroxylation is 1. The fraction of sp³-hybridized carbons (Fsp3) is 0.111. The molecule has 82 valence electrons. The molecule has 0 unspecified atom stereocenters. The van der Waals surface area contributed by atoms with Crippen LogP contribution >= 0.6 is 24.8 Å². The van der Waals surface area contributed by atoms with Crippen molar-refractivity contribution in [3.05, 3.63) is 36.3 Å². The summed E-state index contributed by atoms with van der Waals surface area (Å²) in [4.78, 5) is 4.00. The highest BCUT2D eigenvalue weighted by molar-refractivity contribution is 5.85. The van der Waals surface area contributed by atoms with E-state index in [1.54, 1.807) is 17.1 Å². The van der Waals surface area contributed by atoms with E-state index in [9.17, 15) is 0 Å². The summed E-state index contributed by atoms with van der Waals surface area (Å²) in [7, 11) is 0. The molecule has 0 aliphatic carbocycles. The van der Waals surface area contributed by atoms with E-state index < -0.39 is 0 Å². The lowest BCUT2D eigenvalue weighted by Crippen LogP contribution is -2.01. The lowest BCUT2D eigenvalue weighted by atomic mass is 10.4. The number of nitrogens with two attached hydrogens (primary N) is 1. The molecule has 0 radical (unpaired) electrons. The number of pyridine rings is 1. The van der Waals surface area contributed by atoms with Crippen molar-refractivity contribution in [3.8, 4) is 5.69 Å². The Morgan fingerprint density at radius 2 is 2.07 bits per heavy atom. The fourth-order valence-corrected chi connectivity index (χ4v) is 1.21. The Morgan fingerprint density at radius 1 is 1.33 bits per heavy atom. The Kier molecular flexibility index (Phi) is 5.11. The van der Waals surface area contributed by atoms with Gasteiger partial charge in [0.1, 0.15) is 5.82 Å². The lowest BCUT2D eigenvalue weighted by molar-refractivity contribution is 0.866. The van der Waals surface area contributed by atoms with E-state index in [0.29, 0.717) is 5.82 Å². The molecule has 0 saturated heterocycles. The predicted molar refractivity (Wildman–Crippen MR) is 65.0 cm³/mol. The zero-order chi connectivity index (χ0) is 9.26. The number of anilines is 1. The quantitative estimate of drug-likeness (QED) is 0.838. The Bertz CT molecular complexity index is 413. The van der Waals surface area contributed by atoms with Gasteiger partial charge in [0.2, 0.25) is 0 Å². The van der Waals surface area contributed by atoms with Crippen LogP contribution in [0.1, 0.15) is 5.69 Å². The summed E-state index contributed by atoms with van der Waals surface area (Å²) in [6.45, 7) is 1.91. The minimum Gasteiger partial charge on any atom is -0.384 e. The molecule has 0 fully saturated rings. The van der Waals surface area contributed by atoms with Crippen LogP contribution in [0.3, 0.4) is 0 Å². The molecule has 0 aliphatic rings. The molecule has 2 rings (SSSR count). The van der Waals surface area contributed by atoms with E-state index in [4.69, 9.17) is 5.73 Å². The van der Waals surface area contributed by atoms with Gasteiger partial charge in [0, 0.05) is 12.3 Å². The number of nitrogens with zero attached hydrogens (tertiary/aromatic N) is 3. The normalized spacial score (nSPS) is 8.87. The Hall–Kier alpha value is -1.26. The highest BCUT2D eigenvalue weighted by Crippen LogP contribution is 2.11. The van der Waals surface area contributed by atoms with E-state index in [1.165, 1.54) is 0 Å². The molecule has 0 amide bonds. The average Bonchev–Trinajstić information content (AvgIpc) is 2.47. The number of nitrogen functional groups attached to an aromatic ring is 1. The first-order chi connectivity index (χ1) is 6.27. The second kappa shape index (κ2) is 5.58. The first kappa shape index (κ1) is 13.7. The molecule has 0 atom stereocenters. The van der Waals surface area contributed by atoms with E-state index >= 15 is 0 Å². The summed E-state index contributed by atoms with van der Waals surface area (Å²) < 4.78 is 1.67. The van der Waals surface area contributed by atoms with Gasteiger partial charge in [-0.1, -0.05) is 0 Å². The van der Waals surface area contributed by atoms with Crippen LogP contribution in [0.2, 0.25) is 0 Å². The third kappa shape index (κ3) is 2.84. The van der Waals surface area contributed by atoms with Crippen LogP contribution in [0.15, 0.2) is 30.6 Å². The molecule has 15 heavy (non-hydrogen) atoms. The third-order valence-electron chi connectivity index (χ3n) is 1.75. The lowest BCUT2D eigenvalue weighted by Gasteiger charge is -2.01. The van der Waals surface area contributed by atoms with Gasteiger partial charge in [-0.2, -0.15) is 5.10 Å². The average molecular weight is 247 g/mol. The Labute approximate surface area is 100 Å². The molecular weight excluding hydrogens is 235 g/mol. The van der Waals surface area contributed by atoms with Crippen LogP contribution in [-0.2, 0) is 0 Å². The highest BCUT2D eigenvalue weighted by Gasteiger charge is 2.02. The van der Waals surface area contributed by atoms with Gasteiger partial charge >= 0.3 is 0 Å². The van der Waals surface area contributed by atoms with Gasteiger partial charge in [0.25, 0.3) is 0 Å². The van der Waals surface area contributed by atoms with Gasteiger partial charge in [-0.3, -0.25) is 4.98 Å². The molecule has 2 aromatic rings. The number of hydrogen-bond donors (Lipinski definition) is 1. The molecule has 0 aromatic carbocycles. The van der Waals surface area contributed by atoms with Crippen LogP contribution in [-0.4, -0.2) is 14.8 Å². The molecule has 0 aliphatic heterocycles. The first-order valence-corrected chi connectivity index (χ1v) is 4.00. The van der Waals surface area contributed by atoms with E-state index in [1.807, 2.05) is 25.1 Å². The van der Waals surface area contributed by atoms with Crippen molar-refractivity contribution in [1.82, 2.24) is 14.8 Å². The molecule has 4 nitrogen and oxygen atoms in total. The van der Waals surface area contributed by atoms with Crippen LogP contribution in [0, 0.1) is 6.92 Å². The van der Waals surface area contributed by atoms with Crippen molar-refractivity contribution in [2.45, 2.75) is 6.92 Å². The summed E-state index contributed by atoms with van der Waals surface area (Å²) >= 11 is 0. The summed E-state index contributed by atoms with van der Waals surface area (Å²) in [5.41, 5.74) is 7.53. The van der Waals surface area contributed by atoms with Crippen molar-refractivity contribution in [1.29, 1.82) is 0 Å². The van der Waals surface area contributed by atoms with Gasteiger partial charge in [-0.25, -0.2) is 4.68 Å². The maximum atomic E-state index is 5.75. The summed E-state index contributed by atoms with van der Waals surface area (Å²) in [5.74, 6) is 0.630. The molecular formula is C9H12Cl2N4.